The first kappa shape index (κ1) is 48.6. The largest absolute Gasteiger partial charge is 0.370 e. The van der Waals surface area contributed by atoms with E-state index in [-0.39, 0.29) is 55.6 Å². The number of aromatic nitrogens is 1. The van der Waals surface area contributed by atoms with Crippen molar-refractivity contribution in [2.24, 2.45) is 34.0 Å². The van der Waals surface area contributed by atoms with Gasteiger partial charge >= 0.3 is 0 Å². The van der Waals surface area contributed by atoms with Crippen LogP contribution in [0, 0.1) is 11.8 Å². The van der Waals surface area contributed by atoms with E-state index in [4.69, 9.17) is 22.2 Å². The van der Waals surface area contributed by atoms with Gasteiger partial charge in [-0.15, -0.1) is 13.2 Å². The lowest BCUT2D eigenvalue weighted by Gasteiger charge is -2.27. The molecule has 5 amide bonds. The Bertz CT molecular complexity index is 2260. The molecule has 0 saturated heterocycles. The number of guanidine groups is 1. The van der Waals surface area contributed by atoms with Gasteiger partial charge in [0.25, 0.3) is 5.91 Å². The Hall–Kier alpha value is -7.03. The molecule has 0 aliphatic heterocycles. The number of para-hydroxylation sites is 2. The van der Waals surface area contributed by atoms with Gasteiger partial charge in [-0.25, -0.2) is 4.98 Å². The minimum Gasteiger partial charge on any atom is -0.370 e. The Morgan fingerprint density at radius 2 is 1.32 bits per heavy atom. The Morgan fingerprint density at radius 3 is 1.87 bits per heavy atom. The van der Waals surface area contributed by atoms with Crippen LogP contribution in [0.15, 0.2) is 109 Å². The number of nitrogens with zero attached hydrogens (tertiary/aromatic N) is 2. The third-order valence-electron chi connectivity index (χ3n) is 10.1. The molecule has 3 aromatic carbocycles. The molecule has 4 rings (SSSR count). The average molecular weight is 859 g/mol. The molecule has 15 heteroatoms. The second-order valence-electron chi connectivity index (χ2n) is 16.3. The number of allylic oxidation sites excluding steroid dienone is 1. The zero-order valence-electron chi connectivity index (χ0n) is 36.7. The van der Waals surface area contributed by atoms with Crippen LogP contribution < -0.4 is 43.8 Å². The molecular weight excluding hydrogens is 797 g/mol. The third-order valence-corrected chi connectivity index (χ3v) is 10.1. The number of aliphatic imine (C=N–C) groups is 1. The van der Waals surface area contributed by atoms with Crippen LogP contribution in [0.3, 0.4) is 0 Å². The van der Waals surface area contributed by atoms with Crippen molar-refractivity contribution in [1.29, 1.82) is 0 Å². The number of benzene rings is 3. The summed E-state index contributed by atoms with van der Waals surface area (Å²) in [5.41, 5.74) is 21.4. The van der Waals surface area contributed by atoms with E-state index in [1.807, 2.05) is 101 Å². The number of hydrogen-bond acceptors (Lipinski definition) is 8. The molecule has 4 aromatic rings. The van der Waals surface area contributed by atoms with Gasteiger partial charge in [-0.2, -0.15) is 0 Å². The Balaban J connectivity index is 1.69. The predicted molar refractivity (Wildman–Crippen MR) is 251 cm³/mol. The first-order valence-corrected chi connectivity index (χ1v) is 21.2. The Morgan fingerprint density at radius 1 is 0.714 bits per heavy atom. The lowest BCUT2D eigenvalue weighted by atomic mass is 9.99. The molecule has 1 heterocycles. The maximum Gasteiger partial charge on any atom is 0.254 e. The third kappa shape index (κ3) is 14.8. The number of primary amides is 1. The first-order chi connectivity index (χ1) is 30.1. The normalized spacial score (nSPS) is 12.9. The van der Waals surface area contributed by atoms with Crippen molar-refractivity contribution in [2.45, 2.75) is 90.4 Å². The maximum absolute atomic E-state index is 14.5. The van der Waals surface area contributed by atoms with Gasteiger partial charge in [0.05, 0.1) is 22.5 Å². The minimum absolute atomic E-state index is 0.0249. The highest BCUT2D eigenvalue weighted by molar-refractivity contribution is 6.10. The van der Waals surface area contributed by atoms with Crippen LogP contribution in [0.1, 0.15) is 75.7 Å². The summed E-state index contributed by atoms with van der Waals surface area (Å²) in [6, 6.07) is 20.5. The molecule has 0 unspecified atom stereocenters. The number of hydrogen-bond donors (Lipinski definition) is 8. The standard InChI is InChI=1S/C48H62N10O5/c1-7-14-31-21-23-32(24-22-31)38-28-39(53-33-16-10-9-11-17-33)34-18-12-19-35(42(34)54-38)44(60)56-37(20-13-25-52-48(50)51)45(61)57-41(27-30(5)6)47(63)58-40(26-29(3)4)46(62)55-36(15-8-2)43(49)59/h7-12,16-19,21-24,28-30,36-37,40-41H,1-2,13-15,20,25-27H2,3-6H3,(H2,49,59)(H,53,54)(H,55,62)(H,56,60)(H,57,61)(H,58,63)(H4,50,51,52)/t36-,37-,40-,41-/m0/s1. The SMILES string of the molecule is C=CCc1ccc(-c2cc(Nc3ccccc3)c3cccc(C(=O)N[C@@H](CCCN=C(N)N)C(=O)N[C@@H](CC(C)C)C(=O)N[C@@H](CC(C)C)C(=O)N[C@@H](CC=C)C(N)=O)c3n2)cc1. The monoisotopic (exact) mass is 858 g/mol. The molecule has 63 heavy (non-hydrogen) atoms. The number of carbonyl (C=O) groups is 5. The van der Waals surface area contributed by atoms with Crippen LogP contribution in [0.4, 0.5) is 11.4 Å². The van der Waals surface area contributed by atoms with Gasteiger partial charge in [0.1, 0.15) is 24.2 Å². The number of fused-ring (bicyclic) bond motifs is 1. The lowest BCUT2D eigenvalue weighted by molar-refractivity contribution is -0.134. The molecule has 0 bridgehead atoms. The van der Waals surface area contributed by atoms with Crippen molar-refractivity contribution in [2.75, 3.05) is 11.9 Å². The first-order valence-electron chi connectivity index (χ1n) is 21.2. The van der Waals surface area contributed by atoms with Crippen molar-refractivity contribution in [3.8, 4) is 11.3 Å². The van der Waals surface area contributed by atoms with Gasteiger partial charge in [0.15, 0.2) is 5.96 Å². The molecule has 0 aliphatic rings. The molecule has 0 spiro atoms. The fourth-order valence-corrected chi connectivity index (χ4v) is 6.98. The van der Waals surface area contributed by atoms with Crippen LogP contribution in [-0.4, -0.2) is 71.2 Å². The summed E-state index contributed by atoms with van der Waals surface area (Å²) in [5, 5.41) is 15.3. The van der Waals surface area contributed by atoms with Gasteiger partial charge < -0.3 is 43.8 Å². The Labute approximate surface area is 369 Å². The molecule has 4 atom stereocenters. The molecule has 0 fully saturated rings. The number of pyridine rings is 1. The van der Waals surface area contributed by atoms with E-state index in [2.05, 4.69) is 44.7 Å². The zero-order chi connectivity index (χ0) is 46.1. The summed E-state index contributed by atoms with van der Waals surface area (Å²) in [6.45, 7) is 15.2. The molecule has 15 nitrogen and oxygen atoms in total. The van der Waals surface area contributed by atoms with Crippen molar-refractivity contribution in [3.05, 3.63) is 115 Å². The highest BCUT2D eigenvalue weighted by Crippen LogP contribution is 2.32. The minimum atomic E-state index is -1.14. The maximum atomic E-state index is 14.5. The fourth-order valence-electron chi connectivity index (χ4n) is 6.98. The van der Waals surface area contributed by atoms with Gasteiger partial charge in [0, 0.05) is 23.2 Å². The molecule has 0 aliphatic carbocycles. The molecular formula is C48H62N10O5. The summed E-state index contributed by atoms with van der Waals surface area (Å²) in [5.74, 6) is -3.34. The Kier molecular flexibility index (Phi) is 18.4. The van der Waals surface area contributed by atoms with Crippen LogP contribution >= 0.6 is 0 Å². The summed E-state index contributed by atoms with van der Waals surface area (Å²) >= 11 is 0. The van der Waals surface area contributed by atoms with Crippen LogP contribution in [-0.2, 0) is 25.6 Å². The number of anilines is 2. The number of nitrogens with one attached hydrogen (secondary N) is 5. The van der Waals surface area contributed by atoms with Gasteiger partial charge in [-0.05, 0) is 80.2 Å². The summed E-state index contributed by atoms with van der Waals surface area (Å²) in [4.78, 5) is 77.3. The smallest absolute Gasteiger partial charge is 0.254 e. The van der Waals surface area contributed by atoms with Gasteiger partial charge in [-0.1, -0.05) is 94.4 Å². The molecule has 0 saturated carbocycles. The van der Waals surface area contributed by atoms with E-state index < -0.39 is 53.7 Å². The highest BCUT2D eigenvalue weighted by Gasteiger charge is 2.32. The zero-order valence-corrected chi connectivity index (χ0v) is 36.7. The van der Waals surface area contributed by atoms with Crippen LogP contribution in [0.5, 0.6) is 0 Å². The van der Waals surface area contributed by atoms with Crippen molar-refractivity contribution >= 4 is 57.8 Å². The van der Waals surface area contributed by atoms with Gasteiger partial charge in [-0.3, -0.25) is 29.0 Å². The summed E-state index contributed by atoms with van der Waals surface area (Å²) < 4.78 is 0. The van der Waals surface area contributed by atoms with Gasteiger partial charge in [0.2, 0.25) is 23.6 Å². The fraction of sp³-hybridized carbons (Fsp3) is 0.354. The van der Waals surface area contributed by atoms with E-state index >= 15 is 0 Å². The summed E-state index contributed by atoms with van der Waals surface area (Å²) in [6.07, 6.45) is 5.00. The lowest BCUT2D eigenvalue weighted by Crippen LogP contribution is -2.58. The summed E-state index contributed by atoms with van der Waals surface area (Å²) in [7, 11) is 0. The molecule has 334 valence electrons. The second-order valence-corrected chi connectivity index (χ2v) is 16.3. The average Bonchev–Trinajstić information content (AvgIpc) is 3.24. The van der Waals surface area contributed by atoms with E-state index in [9.17, 15) is 24.0 Å². The topological polar surface area (TPSA) is 249 Å². The number of amides is 5. The number of carbonyl (C=O) groups excluding carboxylic acids is 5. The molecule has 11 N–H and O–H groups in total. The van der Waals surface area contributed by atoms with E-state index in [1.54, 1.807) is 12.1 Å². The molecule has 1 aromatic heterocycles. The van der Waals surface area contributed by atoms with Crippen molar-refractivity contribution in [3.63, 3.8) is 0 Å². The highest BCUT2D eigenvalue weighted by atomic mass is 16.2. The van der Waals surface area contributed by atoms with E-state index in [1.165, 1.54) is 6.08 Å². The quantitative estimate of drug-likeness (QED) is 0.0201. The molecule has 0 radical (unpaired) electrons. The number of nitrogens with two attached hydrogens (primary N) is 3. The van der Waals surface area contributed by atoms with Crippen molar-refractivity contribution < 1.29 is 24.0 Å². The van der Waals surface area contributed by atoms with Crippen LogP contribution in [0.2, 0.25) is 0 Å². The second kappa shape index (κ2) is 23.8. The van der Waals surface area contributed by atoms with E-state index in [0.717, 1.165) is 22.5 Å². The van der Waals surface area contributed by atoms with Crippen LogP contribution in [0.25, 0.3) is 22.2 Å². The van der Waals surface area contributed by atoms with E-state index in [0.29, 0.717) is 29.4 Å². The van der Waals surface area contributed by atoms with Crippen molar-refractivity contribution in [1.82, 2.24) is 26.3 Å². The predicted octanol–water partition coefficient (Wildman–Crippen LogP) is 5.13. The number of rotatable bonds is 24.